The summed E-state index contributed by atoms with van der Waals surface area (Å²) in [6.45, 7) is 3.61. The Morgan fingerprint density at radius 3 is 2.78 bits per heavy atom. The van der Waals surface area contributed by atoms with Gasteiger partial charge in [-0.05, 0) is 13.8 Å². The first-order valence-electron chi connectivity index (χ1n) is 6.69. The van der Waals surface area contributed by atoms with Gasteiger partial charge in [-0.2, -0.15) is 0 Å². The molecular weight excluding hydrogens is 338 g/mol. The molecule has 2 N–H and O–H groups in total. The number of thioether (sulfide) groups is 1. The quantitative estimate of drug-likeness (QED) is 0.667. The predicted molar refractivity (Wildman–Crippen MR) is 85.9 cm³/mol. The highest BCUT2D eigenvalue weighted by molar-refractivity contribution is 7.98. The topological polar surface area (TPSA) is 118 Å². The highest BCUT2D eigenvalue weighted by Crippen LogP contribution is 2.22. The molecule has 0 atom stereocenters. The standard InChI is InChI=1S/C13H13N5O3S2/c1-6-9(11(19)16-12(20)14-6)3-10-17-18-13(21-10)23-5-8-4-22-7(2)15-8/h4H,3,5H2,1-2H3,(H2,14,16,19,20). The first kappa shape index (κ1) is 15.7. The van der Waals surface area contributed by atoms with Gasteiger partial charge < -0.3 is 9.40 Å². The fourth-order valence-corrected chi connectivity index (χ4v) is 3.36. The Labute approximate surface area is 138 Å². The van der Waals surface area contributed by atoms with Crippen molar-refractivity contribution >= 4 is 23.1 Å². The predicted octanol–water partition coefficient (Wildman–Crippen LogP) is 1.40. The van der Waals surface area contributed by atoms with Crippen LogP contribution < -0.4 is 11.2 Å². The summed E-state index contributed by atoms with van der Waals surface area (Å²) < 4.78 is 5.53. The van der Waals surface area contributed by atoms with E-state index in [2.05, 4.69) is 25.1 Å². The van der Waals surface area contributed by atoms with Gasteiger partial charge in [0.05, 0.1) is 17.1 Å². The van der Waals surface area contributed by atoms with Crippen molar-refractivity contribution < 1.29 is 4.42 Å². The number of thiazole rings is 1. The summed E-state index contributed by atoms with van der Waals surface area (Å²) in [5.74, 6) is 0.965. The lowest BCUT2D eigenvalue weighted by Gasteiger charge is -2.00. The van der Waals surface area contributed by atoms with E-state index < -0.39 is 11.2 Å². The van der Waals surface area contributed by atoms with Crippen LogP contribution in [0.4, 0.5) is 0 Å². The van der Waals surface area contributed by atoms with Gasteiger partial charge in [-0.25, -0.2) is 9.78 Å². The molecule has 0 aliphatic carbocycles. The molecule has 0 aliphatic heterocycles. The van der Waals surface area contributed by atoms with Crippen molar-refractivity contribution in [3.05, 3.63) is 54.1 Å². The van der Waals surface area contributed by atoms with E-state index in [9.17, 15) is 9.59 Å². The summed E-state index contributed by atoms with van der Waals surface area (Å²) in [7, 11) is 0. The number of nitrogens with one attached hydrogen (secondary N) is 2. The second kappa shape index (κ2) is 6.50. The van der Waals surface area contributed by atoms with Gasteiger partial charge in [0.1, 0.15) is 0 Å². The highest BCUT2D eigenvalue weighted by atomic mass is 32.2. The Balaban J connectivity index is 1.70. The monoisotopic (exact) mass is 351 g/mol. The maximum atomic E-state index is 11.8. The Morgan fingerprint density at radius 2 is 2.09 bits per heavy atom. The highest BCUT2D eigenvalue weighted by Gasteiger charge is 2.13. The van der Waals surface area contributed by atoms with Crippen LogP contribution in [-0.2, 0) is 12.2 Å². The molecule has 3 aromatic rings. The normalized spacial score (nSPS) is 11.0. The lowest BCUT2D eigenvalue weighted by molar-refractivity contribution is 0.419. The summed E-state index contributed by atoms with van der Waals surface area (Å²) in [4.78, 5) is 32.1. The minimum absolute atomic E-state index is 0.168. The SMILES string of the molecule is Cc1nc(CSc2nnc(Cc3c(C)[nH]c(=O)[nH]c3=O)o2)cs1. The van der Waals surface area contributed by atoms with Gasteiger partial charge >= 0.3 is 5.69 Å². The average molecular weight is 351 g/mol. The van der Waals surface area contributed by atoms with E-state index >= 15 is 0 Å². The molecule has 120 valence electrons. The van der Waals surface area contributed by atoms with Crippen molar-refractivity contribution in [1.29, 1.82) is 0 Å². The van der Waals surface area contributed by atoms with Crippen molar-refractivity contribution in [1.82, 2.24) is 25.1 Å². The van der Waals surface area contributed by atoms with Crippen LogP contribution in [0, 0.1) is 13.8 Å². The molecule has 0 saturated carbocycles. The van der Waals surface area contributed by atoms with Crippen molar-refractivity contribution in [2.24, 2.45) is 0 Å². The third-order valence-corrected chi connectivity index (χ3v) is 4.72. The fraction of sp³-hybridized carbons (Fsp3) is 0.308. The number of aromatic amines is 2. The maximum Gasteiger partial charge on any atom is 0.325 e. The zero-order chi connectivity index (χ0) is 16.4. The number of rotatable bonds is 5. The zero-order valence-corrected chi connectivity index (χ0v) is 14.0. The van der Waals surface area contributed by atoms with Crippen LogP contribution >= 0.6 is 23.1 Å². The van der Waals surface area contributed by atoms with Crippen molar-refractivity contribution in [3.8, 4) is 0 Å². The van der Waals surface area contributed by atoms with E-state index in [-0.39, 0.29) is 6.42 Å². The number of hydrogen-bond acceptors (Lipinski definition) is 8. The van der Waals surface area contributed by atoms with E-state index in [4.69, 9.17) is 4.42 Å². The second-order valence-corrected chi connectivity index (χ2v) is 6.79. The van der Waals surface area contributed by atoms with Gasteiger partial charge in [0.15, 0.2) is 0 Å². The summed E-state index contributed by atoms with van der Waals surface area (Å²) in [6.07, 6.45) is 0.168. The molecular formula is C13H13N5O3S2. The smallest absolute Gasteiger partial charge is 0.325 e. The van der Waals surface area contributed by atoms with Crippen LogP contribution in [-0.4, -0.2) is 25.1 Å². The van der Waals surface area contributed by atoms with Gasteiger partial charge in [0.2, 0.25) is 5.89 Å². The molecule has 10 heteroatoms. The molecule has 0 spiro atoms. The van der Waals surface area contributed by atoms with E-state index in [1.807, 2.05) is 12.3 Å². The molecule has 0 fully saturated rings. The molecule has 3 aromatic heterocycles. The van der Waals surface area contributed by atoms with Crippen LogP contribution in [0.1, 0.15) is 27.8 Å². The molecule has 0 aromatic carbocycles. The van der Waals surface area contributed by atoms with E-state index in [0.29, 0.717) is 28.1 Å². The van der Waals surface area contributed by atoms with E-state index in [1.54, 1.807) is 18.3 Å². The molecule has 23 heavy (non-hydrogen) atoms. The van der Waals surface area contributed by atoms with Crippen molar-refractivity contribution in [2.45, 2.75) is 31.2 Å². The third-order valence-electron chi connectivity index (χ3n) is 3.04. The molecule has 3 heterocycles. The van der Waals surface area contributed by atoms with Crippen LogP contribution in [0.3, 0.4) is 0 Å². The molecule has 3 rings (SSSR count). The first-order chi connectivity index (χ1) is 11.0. The number of aryl methyl sites for hydroxylation is 2. The Morgan fingerprint density at radius 1 is 1.26 bits per heavy atom. The largest absolute Gasteiger partial charge is 0.416 e. The fourth-order valence-electron chi connectivity index (χ4n) is 1.97. The van der Waals surface area contributed by atoms with Crippen molar-refractivity contribution in [2.75, 3.05) is 0 Å². The minimum atomic E-state index is -0.531. The molecule has 0 unspecified atom stereocenters. The molecule has 0 radical (unpaired) electrons. The number of aromatic nitrogens is 5. The van der Waals surface area contributed by atoms with Gasteiger partial charge in [0.25, 0.3) is 10.8 Å². The van der Waals surface area contributed by atoms with Crippen LogP contribution in [0.5, 0.6) is 0 Å². The molecule has 0 bridgehead atoms. The van der Waals surface area contributed by atoms with Crippen molar-refractivity contribution in [3.63, 3.8) is 0 Å². The number of nitrogens with zero attached hydrogens (tertiary/aromatic N) is 3. The Kier molecular flexibility index (Phi) is 4.44. The first-order valence-corrected chi connectivity index (χ1v) is 8.56. The van der Waals surface area contributed by atoms with Crippen LogP contribution in [0.15, 0.2) is 24.6 Å². The van der Waals surface area contributed by atoms with Gasteiger partial charge in [-0.3, -0.25) is 9.78 Å². The Hall–Kier alpha value is -2.20. The van der Waals surface area contributed by atoms with E-state index in [0.717, 1.165) is 10.7 Å². The average Bonchev–Trinajstić information content (AvgIpc) is 3.09. The minimum Gasteiger partial charge on any atom is -0.416 e. The van der Waals surface area contributed by atoms with Crippen LogP contribution in [0.2, 0.25) is 0 Å². The summed E-state index contributed by atoms with van der Waals surface area (Å²) in [5, 5.41) is 11.3. The lowest BCUT2D eigenvalue weighted by atomic mass is 10.2. The zero-order valence-electron chi connectivity index (χ0n) is 12.4. The Bertz CT molecular complexity index is 939. The van der Waals surface area contributed by atoms with E-state index in [1.165, 1.54) is 11.8 Å². The second-order valence-electron chi connectivity index (χ2n) is 4.80. The van der Waals surface area contributed by atoms with Gasteiger partial charge in [-0.1, -0.05) is 11.8 Å². The summed E-state index contributed by atoms with van der Waals surface area (Å²) in [5.41, 5.74) is 0.877. The molecule has 8 nitrogen and oxygen atoms in total. The molecule has 0 saturated heterocycles. The molecule has 0 aliphatic rings. The maximum absolute atomic E-state index is 11.8. The molecule has 0 amide bonds. The van der Waals surface area contributed by atoms with Gasteiger partial charge in [0, 0.05) is 22.4 Å². The number of H-pyrrole nitrogens is 2. The summed E-state index contributed by atoms with van der Waals surface area (Å²) >= 11 is 2.98. The lowest BCUT2D eigenvalue weighted by Crippen LogP contribution is -2.27. The third kappa shape index (κ3) is 3.77. The van der Waals surface area contributed by atoms with Crippen LogP contribution in [0.25, 0.3) is 0 Å². The number of hydrogen-bond donors (Lipinski definition) is 2. The summed E-state index contributed by atoms with van der Waals surface area (Å²) in [6, 6.07) is 0. The van der Waals surface area contributed by atoms with Gasteiger partial charge in [-0.15, -0.1) is 21.5 Å².